The van der Waals surface area contributed by atoms with Crippen LogP contribution in [0.1, 0.15) is 16.9 Å². The van der Waals surface area contributed by atoms with E-state index in [1.165, 1.54) is 17.4 Å². The molecule has 1 N–H and O–H groups in total. The number of halogens is 2. The summed E-state index contributed by atoms with van der Waals surface area (Å²) in [5, 5.41) is 0.577. The van der Waals surface area contributed by atoms with E-state index in [4.69, 9.17) is 0 Å². The summed E-state index contributed by atoms with van der Waals surface area (Å²) in [6.07, 6.45) is 2.85. The van der Waals surface area contributed by atoms with E-state index in [1.807, 2.05) is 0 Å². The van der Waals surface area contributed by atoms with Crippen LogP contribution in [-0.2, 0) is 12.8 Å². The number of aromatic amines is 1. The van der Waals surface area contributed by atoms with Gasteiger partial charge in [0.05, 0.1) is 10.9 Å². The van der Waals surface area contributed by atoms with E-state index in [-0.39, 0.29) is 16.9 Å². The van der Waals surface area contributed by atoms with Crippen LogP contribution in [0.4, 0.5) is 8.78 Å². The highest BCUT2D eigenvalue weighted by molar-refractivity contribution is 7.18. The number of aromatic nitrogens is 2. The lowest BCUT2D eigenvalue weighted by Gasteiger charge is -2.04. The van der Waals surface area contributed by atoms with Crippen LogP contribution < -0.4 is 5.56 Å². The number of aryl methyl sites for hydroxylation is 2. The molecule has 2 heterocycles. The van der Waals surface area contributed by atoms with Crippen molar-refractivity contribution in [2.75, 3.05) is 0 Å². The predicted molar refractivity (Wildman–Crippen MR) is 77.6 cm³/mol. The Labute approximate surface area is 122 Å². The van der Waals surface area contributed by atoms with E-state index in [2.05, 4.69) is 9.97 Å². The van der Waals surface area contributed by atoms with Crippen LogP contribution in [0.15, 0.2) is 23.0 Å². The Bertz CT molecular complexity index is 909. The van der Waals surface area contributed by atoms with E-state index in [0.29, 0.717) is 10.2 Å². The Morgan fingerprint density at radius 3 is 2.71 bits per heavy atom. The standard InChI is InChI=1S/C15H10F2N2OS/c16-8-4-2-5-9(17)12(8)13-18-14(20)11-7-3-1-6-10(7)21-15(11)19-13/h2,4-5H,1,3,6H2,(H,18,19,20). The van der Waals surface area contributed by atoms with Gasteiger partial charge in [0.15, 0.2) is 0 Å². The second-order valence-corrected chi connectivity index (χ2v) is 6.13. The highest BCUT2D eigenvalue weighted by Crippen LogP contribution is 2.35. The summed E-state index contributed by atoms with van der Waals surface area (Å²) in [7, 11) is 0. The average Bonchev–Trinajstić information content (AvgIpc) is 2.98. The van der Waals surface area contributed by atoms with Crippen LogP contribution in [0.25, 0.3) is 21.6 Å². The third kappa shape index (κ3) is 1.82. The van der Waals surface area contributed by atoms with Gasteiger partial charge >= 0.3 is 0 Å². The van der Waals surface area contributed by atoms with Crippen LogP contribution in [0.2, 0.25) is 0 Å². The lowest BCUT2D eigenvalue weighted by Crippen LogP contribution is -2.10. The number of H-pyrrole nitrogens is 1. The minimum Gasteiger partial charge on any atom is -0.306 e. The fourth-order valence-electron chi connectivity index (χ4n) is 2.84. The molecule has 0 unspecified atom stereocenters. The number of rotatable bonds is 1. The van der Waals surface area contributed by atoms with E-state index >= 15 is 0 Å². The third-order valence-electron chi connectivity index (χ3n) is 3.77. The zero-order valence-corrected chi connectivity index (χ0v) is 11.7. The van der Waals surface area contributed by atoms with Gasteiger partial charge in [0.1, 0.15) is 22.3 Å². The van der Waals surface area contributed by atoms with Gasteiger partial charge in [-0.15, -0.1) is 11.3 Å². The zero-order valence-electron chi connectivity index (χ0n) is 10.9. The molecule has 0 atom stereocenters. The molecule has 106 valence electrons. The number of nitrogens with one attached hydrogen (secondary N) is 1. The quantitative estimate of drug-likeness (QED) is 0.749. The van der Waals surface area contributed by atoms with Gasteiger partial charge in [0.2, 0.25) is 0 Å². The lowest BCUT2D eigenvalue weighted by atomic mass is 10.1. The highest BCUT2D eigenvalue weighted by Gasteiger charge is 2.22. The summed E-state index contributed by atoms with van der Waals surface area (Å²) in [6, 6.07) is 3.58. The Morgan fingerprint density at radius 2 is 1.95 bits per heavy atom. The zero-order chi connectivity index (χ0) is 14.6. The molecule has 0 bridgehead atoms. The molecule has 21 heavy (non-hydrogen) atoms. The summed E-state index contributed by atoms with van der Waals surface area (Å²) >= 11 is 1.45. The summed E-state index contributed by atoms with van der Waals surface area (Å²) in [5.74, 6) is -1.52. The first-order valence-corrected chi connectivity index (χ1v) is 7.46. The number of fused-ring (bicyclic) bond motifs is 3. The molecule has 1 aliphatic rings. The van der Waals surface area contributed by atoms with Crippen LogP contribution in [0.5, 0.6) is 0 Å². The van der Waals surface area contributed by atoms with E-state index in [1.54, 1.807) is 0 Å². The minimum atomic E-state index is -0.735. The predicted octanol–water partition coefficient (Wildman–Crippen LogP) is 3.42. The van der Waals surface area contributed by atoms with Gasteiger partial charge in [-0.05, 0) is 37.0 Å². The molecule has 3 nitrogen and oxygen atoms in total. The Balaban J connectivity index is 2.02. The molecular weight excluding hydrogens is 294 g/mol. The van der Waals surface area contributed by atoms with Crippen molar-refractivity contribution in [3.8, 4) is 11.4 Å². The molecule has 6 heteroatoms. The van der Waals surface area contributed by atoms with Crippen molar-refractivity contribution in [1.82, 2.24) is 9.97 Å². The second-order valence-electron chi connectivity index (χ2n) is 5.05. The van der Waals surface area contributed by atoms with Crippen molar-refractivity contribution in [1.29, 1.82) is 0 Å². The molecule has 0 amide bonds. The maximum atomic E-state index is 13.8. The third-order valence-corrected chi connectivity index (χ3v) is 4.96. The van der Waals surface area contributed by atoms with Crippen LogP contribution in [0, 0.1) is 11.6 Å². The van der Waals surface area contributed by atoms with Crippen molar-refractivity contribution in [3.05, 3.63) is 50.6 Å². The summed E-state index contributed by atoms with van der Waals surface area (Å²) in [5.41, 5.74) is 0.436. The van der Waals surface area contributed by atoms with E-state index in [9.17, 15) is 13.6 Å². The smallest absolute Gasteiger partial charge is 0.260 e. The fourth-order valence-corrected chi connectivity index (χ4v) is 4.11. The van der Waals surface area contributed by atoms with Gasteiger partial charge in [0, 0.05) is 4.88 Å². The molecule has 0 spiro atoms. The van der Waals surface area contributed by atoms with Crippen LogP contribution >= 0.6 is 11.3 Å². The normalized spacial score (nSPS) is 13.8. The van der Waals surface area contributed by atoms with Gasteiger partial charge in [-0.3, -0.25) is 4.79 Å². The van der Waals surface area contributed by atoms with Gasteiger partial charge in [-0.1, -0.05) is 6.07 Å². The first kappa shape index (κ1) is 12.6. The molecule has 0 fully saturated rings. The van der Waals surface area contributed by atoms with Crippen molar-refractivity contribution < 1.29 is 8.78 Å². The maximum Gasteiger partial charge on any atom is 0.260 e. The molecule has 0 aliphatic heterocycles. The number of benzene rings is 1. The largest absolute Gasteiger partial charge is 0.306 e. The number of hydrogen-bond acceptors (Lipinski definition) is 3. The molecule has 0 saturated carbocycles. The monoisotopic (exact) mass is 304 g/mol. The van der Waals surface area contributed by atoms with Crippen LogP contribution in [0.3, 0.4) is 0 Å². The second kappa shape index (κ2) is 4.46. The average molecular weight is 304 g/mol. The van der Waals surface area contributed by atoms with Gasteiger partial charge in [-0.25, -0.2) is 13.8 Å². The molecule has 3 aromatic rings. The Hall–Kier alpha value is -2.08. The number of thiophene rings is 1. The number of hydrogen-bond donors (Lipinski definition) is 1. The summed E-state index contributed by atoms with van der Waals surface area (Å²) < 4.78 is 27.7. The highest BCUT2D eigenvalue weighted by atomic mass is 32.1. The molecular formula is C15H10F2N2OS. The van der Waals surface area contributed by atoms with Crippen molar-refractivity contribution >= 4 is 21.6 Å². The molecule has 1 aliphatic carbocycles. The van der Waals surface area contributed by atoms with Gasteiger partial charge < -0.3 is 4.98 Å². The molecule has 0 radical (unpaired) electrons. The lowest BCUT2D eigenvalue weighted by molar-refractivity contribution is 0.587. The van der Waals surface area contributed by atoms with Crippen molar-refractivity contribution in [2.45, 2.75) is 19.3 Å². The van der Waals surface area contributed by atoms with Crippen molar-refractivity contribution in [2.24, 2.45) is 0 Å². The molecule has 1 aromatic carbocycles. The first-order chi connectivity index (χ1) is 10.1. The Kier molecular flexibility index (Phi) is 2.68. The molecule has 2 aromatic heterocycles. The minimum absolute atomic E-state index is 0.0528. The SMILES string of the molecule is O=c1[nH]c(-c2c(F)cccc2F)nc2sc3c(c12)CCC3. The Morgan fingerprint density at radius 1 is 1.19 bits per heavy atom. The van der Waals surface area contributed by atoms with Crippen LogP contribution in [-0.4, -0.2) is 9.97 Å². The summed E-state index contributed by atoms with van der Waals surface area (Å²) in [6.45, 7) is 0. The fraction of sp³-hybridized carbons (Fsp3) is 0.200. The van der Waals surface area contributed by atoms with Crippen molar-refractivity contribution in [3.63, 3.8) is 0 Å². The van der Waals surface area contributed by atoms with E-state index < -0.39 is 11.6 Å². The van der Waals surface area contributed by atoms with E-state index in [0.717, 1.165) is 41.8 Å². The number of nitrogens with zero attached hydrogens (tertiary/aromatic N) is 1. The topological polar surface area (TPSA) is 45.8 Å². The van der Waals surface area contributed by atoms with Gasteiger partial charge in [-0.2, -0.15) is 0 Å². The summed E-state index contributed by atoms with van der Waals surface area (Å²) in [4.78, 5) is 20.8. The van der Waals surface area contributed by atoms with Gasteiger partial charge in [0.25, 0.3) is 5.56 Å². The molecule has 4 rings (SSSR count). The molecule has 0 saturated heterocycles. The first-order valence-electron chi connectivity index (χ1n) is 6.64. The maximum absolute atomic E-state index is 13.8.